The van der Waals surface area contributed by atoms with Crippen molar-refractivity contribution in [3.63, 3.8) is 0 Å². The summed E-state index contributed by atoms with van der Waals surface area (Å²) in [6.07, 6.45) is 2.05. The maximum atomic E-state index is 12.3. The van der Waals surface area contributed by atoms with Gasteiger partial charge in [0.05, 0.1) is 6.04 Å². The Morgan fingerprint density at radius 1 is 1.24 bits per heavy atom. The fraction of sp³-hybridized carbons (Fsp3) is 0.588. The maximum Gasteiger partial charge on any atom is 0.241 e. The number of rotatable bonds is 6. The van der Waals surface area contributed by atoms with Crippen LogP contribution in [0.5, 0.6) is 0 Å². The fourth-order valence-electron chi connectivity index (χ4n) is 2.78. The molecule has 1 fully saturated rings. The molecular weight excluding hydrogens is 262 g/mol. The third kappa shape index (κ3) is 3.83. The van der Waals surface area contributed by atoms with Gasteiger partial charge in [-0.3, -0.25) is 10.1 Å². The molecule has 1 saturated heterocycles. The molecule has 0 radical (unpaired) electrons. The molecule has 1 aromatic rings. The number of hydrogen-bond acceptors (Lipinski definition) is 3. The number of nitrogens with one attached hydrogen (secondary N) is 1. The van der Waals surface area contributed by atoms with Crippen molar-refractivity contribution in [3.05, 3.63) is 35.4 Å². The highest BCUT2D eigenvalue weighted by Gasteiger charge is 2.36. The lowest BCUT2D eigenvalue weighted by Gasteiger charge is -2.25. The zero-order valence-corrected chi connectivity index (χ0v) is 13.6. The first-order valence-electron chi connectivity index (χ1n) is 7.83. The molecule has 1 aliphatic rings. The van der Waals surface area contributed by atoms with Crippen LogP contribution in [0.2, 0.25) is 0 Å². The maximum absolute atomic E-state index is 12.3. The summed E-state index contributed by atoms with van der Waals surface area (Å²) < 4.78 is 0. The van der Waals surface area contributed by atoms with Crippen molar-refractivity contribution < 1.29 is 4.79 Å². The highest BCUT2D eigenvalue weighted by molar-refractivity contribution is 5.84. The van der Waals surface area contributed by atoms with Gasteiger partial charge in [-0.1, -0.05) is 31.2 Å². The third-order valence-electron chi connectivity index (χ3n) is 4.08. The number of carbonyl (C=O) groups excluding carboxylic acids is 1. The van der Waals surface area contributed by atoms with Gasteiger partial charge in [-0.25, -0.2) is 0 Å². The lowest BCUT2D eigenvalue weighted by Crippen LogP contribution is -2.33. The van der Waals surface area contributed by atoms with Gasteiger partial charge in [-0.15, -0.1) is 0 Å². The molecule has 0 bridgehead atoms. The number of benzene rings is 1. The Bertz CT molecular complexity index is 469. The first-order valence-corrected chi connectivity index (χ1v) is 7.83. The van der Waals surface area contributed by atoms with Gasteiger partial charge >= 0.3 is 0 Å². The van der Waals surface area contributed by atoms with Crippen LogP contribution in [0.3, 0.4) is 0 Å². The van der Waals surface area contributed by atoms with Crippen LogP contribution < -0.4 is 5.32 Å². The summed E-state index contributed by atoms with van der Waals surface area (Å²) in [5, 5.41) is 3.41. The minimum Gasteiger partial charge on any atom is -0.322 e. The van der Waals surface area contributed by atoms with Gasteiger partial charge in [0.1, 0.15) is 6.17 Å². The van der Waals surface area contributed by atoms with Crippen LogP contribution in [0.1, 0.15) is 37.6 Å². The average Bonchev–Trinajstić information content (AvgIpc) is 2.75. The SMILES string of the molecule is CCc1ccc(C2NC(C)C(=O)N2CCCN(C)C)cc1. The Hall–Kier alpha value is -1.39. The number of nitrogens with zero attached hydrogens (tertiary/aromatic N) is 2. The Morgan fingerprint density at radius 3 is 2.48 bits per heavy atom. The minimum absolute atomic E-state index is 0.0144. The number of amides is 1. The smallest absolute Gasteiger partial charge is 0.241 e. The summed E-state index contributed by atoms with van der Waals surface area (Å²) in [4.78, 5) is 16.5. The van der Waals surface area contributed by atoms with E-state index in [0.29, 0.717) is 0 Å². The van der Waals surface area contributed by atoms with E-state index in [1.54, 1.807) is 0 Å². The number of hydrogen-bond donors (Lipinski definition) is 1. The Morgan fingerprint density at radius 2 is 1.90 bits per heavy atom. The molecule has 1 N–H and O–H groups in total. The molecule has 116 valence electrons. The second kappa shape index (κ2) is 7.05. The summed E-state index contributed by atoms with van der Waals surface area (Å²) >= 11 is 0. The summed E-state index contributed by atoms with van der Waals surface area (Å²) in [7, 11) is 4.13. The van der Waals surface area contributed by atoms with Crippen molar-refractivity contribution in [2.45, 2.75) is 38.9 Å². The van der Waals surface area contributed by atoms with E-state index in [4.69, 9.17) is 0 Å². The summed E-state index contributed by atoms with van der Waals surface area (Å²) in [5.74, 6) is 0.207. The second-order valence-corrected chi connectivity index (χ2v) is 6.07. The van der Waals surface area contributed by atoms with Gasteiger partial charge < -0.3 is 9.80 Å². The van der Waals surface area contributed by atoms with E-state index in [1.807, 2.05) is 11.8 Å². The third-order valence-corrected chi connectivity index (χ3v) is 4.08. The Kier molecular flexibility index (Phi) is 5.37. The van der Waals surface area contributed by atoms with Crippen molar-refractivity contribution in [1.29, 1.82) is 0 Å². The molecule has 4 nitrogen and oxygen atoms in total. The number of aryl methyl sites for hydroxylation is 1. The number of carbonyl (C=O) groups is 1. The second-order valence-electron chi connectivity index (χ2n) is 6.07. The zero-order valence-electron chi connectivity index (χ0n) is 13.6. The molecule has 1 amide bonds. The molecule has 2 unspecified atom stereocenters. The van der Waals surface area contributed by atoms with Crippen LogP contribution in [0.15, 0.2) is 24.3 Å². The summed E-state index contributed by atoms with van der Waals surface area (Å²) in [6.45, 7) is 5.90. The minimum atomic E-state index is -0.0970. The molecule has 0 aromatic heterocycles. The monoisotopic (exact) mass is 289 g/mol. The van der Waals surface area contributed by atoms with Crippen LogP contribution in [0.25, 0.3) is 0 Å². The molecule has 2 atom stereocenters. The van der Waals surface area contributed by atoms with Gasteiger partial charge in [0.15, 0.2) is 0 Å². The van der Waals surface area contributed by atoms with Crippen molar-refractivity contribution in [2.24, 2.45) is 0 Å². The lowest BCUT2D eigenvalue weighted by molar-refractivity contribution is -0.129. The van der Waals surface area contributed by atoms with E-state index in [1.165, 1.54) is 11.1 Å². The van der Waals surface area contributed by atoms with Gasteiger partial charge in [0.25, 0.3) is 0 Å². The Labute approximate surface area is 128 Å². The molecule has 1 aromatic carbocycles. The fourth-order valence-corrected chi connectivity index (χ4v) is 2.78. The first kappa shape index (κ1) is 16.0. The highest BCUT2D eigenvalue weighted by atomic mass is 16.2. The summed E-state index contributed by atoms with van der Waals surface area (Å²) in [5.41, 5.74) is 2.50. The zero-order chi connectivity index (χ0) is 15.4. The van der Waals surface area contributed by atoms with Crippen LogP contribution in [-0.2, 0) is 11.2 Å². The van der Waals surface area contributed by atoms with Gasteiger partial charge in [-0.05, 0) is 51.5 Å². The van der Waals surface area contributed by atoms with Gasteiger partial charge in [0.2, 0.25) is 5.91 Å². The average molecular weight is 289 g/mol. The topological polar surface area (TPSA) is 35.6 Å². The molecule has 1 aliphatic heterocycles. The lowest BCUT2D eigenvalue weighted by atomic mass is 10.1. The predicted molar refractivity (Wildman–Crippen MR) is 86.0 cm³/mol. The van der Waals surface area contributed by atoms with E-state index in [-0.39, 0.29) is 18.1 Å². The van der Waals surface area contributed by atoms with Crippen molar-refractivity contribution in [3.8, 4) is 0 Å². The van der Waals surface area contributed by atoms with Gasteiger partial charge in [-0.2, -0.15) is 0 Å². The molecule has 21 heavy (non-hydrogen) atoms. The van der Waals surface area contributed by atoms with Crippen molar-refractivity contribution in [1.82, 2.24) is 15.1 Å². The quantitative estimate of drug-likeness (QED) is 0.870. The molecule has 0 spiro atoms. The Balaban J connectivity index is 2.09. The normalized spacial score (nSPS) is 22.3. The standard InChI is InChI=1S/C17H27N3O/c1-5-14-7-9-15(10-8-14)16-18-13(2)17(21)20(16)12-6-11-19(3)4/h7-10,13,16,18H,5-6,11-12H2,1-4H3. The van der Waals surface area contributed by atoms with E-state index < -0.39 is 0 Å². The molecule has 1 heterocycles. The van der Waals surface area contributed by atoms with E-state index in [0.717, 1.165) is 25.9 Å². The van der Waals surface area contributed by atoms with E-state index >= 15 is 0 Å². The molecular formula is C17H27N3O. The first-order chi connectivity index (χ1) is 10.0. The largest absolute Gasteiger partial charge is 0.322 e. The van der Waals surface area contributed by atoms with Crippen molar-refractivity contribution in [2.75, 3.05) is 27.2 Å². The van der Waals surface area contributed by atoms with Crippen molar-refractivity contribution >= 4 is 5.91 Å². The van der Waals surface area contributed by atoms with Crippen LogP contribution in [-0.4, -0.2) is 48.9 Å². The molecule has 2 rings (SSSR count). The van der Waals surface area contributed by atoms with Crippen LogP contribution in [0, 0.1) is 0 Å². The molecule has 0 saturated carbocycles. The predicted octanol–water partition coefficient (Wildman–Crippen LogP) is 2.02. The van der Waals surface area contributed by atoms with E-state index in [2.05, 4.69) is 55.5 Å². The van der Waals surface area contributed by atoms with Gasteiger partial charge in [0, 0.05) is 6.54 Å². The van der Waals surface area contributed by atoms with E-state index in [9.17, 15) is 4.79 Å². The molecule has 4 heteroatoms. The summed E-state index contributed by atoms with van der Waals surface area (Å²) in [6, 6.07) is 8.49. The van der Waals surface area contributed by atoms with Crippen LogP contribution in [0.4, 0.5) is 0 Å². The highest BCUT2D eigenvalue weighted by Crippen LogP contribution is 2.25. The van der Waals surface area contributed by atoms with Crippen LogP contribution >= 0.6 is 0 Å². The molecule has 0 aliphatic carbocycles.